The Bertz CT molecular complexity index is 597. The summed E-state index contributed by atoms with van der Waals surface area (Å²) in [5, 5.41) is 23.8. The second kappa shape index (κ2) is 9.26. The number of hydrogen-bond acceptors (Lipinski definition) is 4. The summed E-state index contributed by atoms with van der Waals surface area (Å²) in [5.41, 5.74) is 2.11. The molecule has 2 rings (SSSR count). The molecule has 0 aromatic heterocycles. The summed E-state index contributed by atoms with van der Waals surface area (Å²) in [6, 6.07) is 7.37. The molecule has 1 aromatic carbocycles. The highest BCUT2D eigenvalue weighted by Crippen LogP contribution is 2.17. The van der Waals surface area contributed by atoms with E-state index in [0.717, 1.165) is 44.3 Å². The van der Waals surface area contributed by atoms with Gasteiger partial charge in [0.2, 0.25) is 0 Å². The number of aliphatic hydroxyl groups is 1. The maximum atomic E-state index is 11.9. The molecule has 0 aliphatic carbocycles. The fraction of sp³-hybridized carbons (Fsp3) is 0.556. The van der Waals surface area contributed by atoms with Crippen molar-refractivity contribution in [2.24, 2.45) is 0 Å². The molecule has 1 saturated heterocycles. The van der Waals surface area contributed by atoms with Crippen LogP contribution in [0, 0.1) is 18.3 Å². The van der Waals surface area contributed by atoms with Crippen LogP contribution in [0.3, 0.4) is 0 Å². The maximum Gasteiger partial charge on any atom is 0.319 e. The number of benzene rings is 1. The van der Waals surface area contributed by atoms with Gasteiger partial charge in [-0.2, -0.15) is 5.26 Å². The Morgan fingerprint density at radius 3 is 3.04 bits per heavy atom. The van der Waals surface area contributed by atoms with Gasteiger partial charge in [-0.15, -0.1) is 0 Å². The van der Waals surface area contributed by atoms with Crippen molar-refractivity contribution in [2.45, 2.75) is 38.6 Å². The molecule has 2 amide bonds. The first-order valence-corrected chi connectivity index (χ1v) is 8.54. The first kappa shape index (κ1) is 18.2. The minimum absolute atomic E-state index is 0.238. The standard InChI is InChI=1S/C18H26N4O2/c1-14-6-7-15(12-19)11-17(14)21-18(24)20-8-2-3-9-22-10-4-5-16(22)13-23/h6-7,11,16,23H,2-5,8-10,13H2,1H3,(H2,20,21,24). The SMILES string of the molecule is Cc1ccc(C#N)cc1NC(=O)NCCCCN1CCCC1CO. The van der Waals surface area contributed by atoms with E-state index >= 15 is 0 Å². The number of unbranched alkanes of at least 4 members (excludes halogenated alkanes) is 1. The third-order valence-electron chi connectivity index (χ3n) is 4.48. The highest BCUT2D eigenvalue weighted by molar-refractivity contribution is 5.90. The number of anilines is 1. The zero-order chi connectivity index (χ0) is 17.4. The van der Waals surface area contributed by atoms with Crippen LogP contribution in [0.5, 0.6) is 0 Å². The Balaban J connectivity index is 1.66. The van der Waals surface area contributed by atoms with E-state index in [9.17, 15) is 9.90 Å². The Hall–Kier alpha value is -2.10. The monoisotopic (exact) mass is 330 g/mol. The van der Waals surface area contributed by atoms with Gasteiger partial charge in [-0.3, -0.25) is 4.90 Å². The lowest BCUT2D eigenvalue weighted by atomic mass is 10.1. The number of aliphatic hydroxyl groups excluding tert-OH is 1. The summed E-state index contributed by atoms with van der Waals surface area (Å²) in [5.74, 6) is 0. The predicted octanol–water partition coefficient (Wildman–Crippen LogP) is 2.23. The van der Waals surface area contributed by atoms with Crippen LogP contribution in [-0.4, -0.2) is 48.3 Å². The van der Waals surface area contributed by atoms with E-state index < -0.39 is 0 Å². The zero-order valence-electron chi connectivity index (χ0n) is 14.2. The van der Waals surface area contributed by atoms with Gasteiger partial charge in [0.25, 0.3) is 0 Å². The Kier molecular flexibility index (Phi) is 7.04. The van der Waals surface area contributed by atoms with Crippen LogP contribution >= 0.6 is 0 Å². The van der Waals surface area contributed by atoms with Gasteiger partial charge < -0.3 is 15.7 Å². The fourth-order valence-electron chi connectivity index (χ4n) is 3.03. The molecule has 1 heterocycles. The number of nitriles is 1. The molecule has 0 saturated carbocycles. The van der Waals surface area contributed by atoms with Crippen LogP contribution in [0.4, 0.5) is 10.5 Å². The maximum absolute atomic E-state index is 11.9. The van der Waals surface area contributed by atoms with Crippen molar-refractivity contribution in [3.05, 3.63) is 29.3 Å². The van der Waals surface area contributed by atoms with E-state index in [-0.39, 0.29) is 12.6 Å². The number of carbonyl (C=O) groups is 1. The average Bonchev–Trinajstić information content (AvgIpc) is 3.04. The molecule has 3 N–H and O–H groups in total. The van der Waals surface area contributed by atoms with E-state index in [2.05, 4.69) is 21.6 Å². The van der Waals surface area contributed by atoms with Gasteiger partial charge >= 0.3 is 6.03 Å². The molecule has 24 heavy (non-hydrogen) atoms. The minimum atomic E-state index is -0.248. The molecular formula is C18H26N4O2. The quantitative estimate of drug-likeness (QED) is 0.669. The summed E-state index contributed by atoms with van der Waals surface area (Å²) in [6.07, 6.45) is 4.14. The molecule has 130 valence electrons. The van der Waals surface area contributed by atoms with Crippen molar-refractivity contribution in [3.63, 3.8) is 0 Å². The molecule has 0 spiro atoms. The summed E-state index contributed by atoms with van der Waals surface area (Å²) >= 11 is 0. The number of likely N-dealkylation sites (tertiary alicyclic amines) is 1. The van der Waals surface area contributed by atoms with Crippen molar-refractivity contribution in [3.8, 4) is 6.07 Å². The average molecular weight is 330 g/mol. The Labute approximate surface area is 143 Å². The highest BCUT2D eigenvalue weighted by Gasteiger charge is 2.22. The summed E-state index contributed by atoms with van der Waals surface area (Å²) < 4.78 is 0. The molecular weight excluding hydrogens is 304 g/mol. The second-order valence-electron chi connectivity index (χ2n) is 6.24. The molecule has 0 bridgehead atoms. The van der Waals surface area contributed by atoms with E-state index in [1.54, 1.807) is 12.1 Å². The summed E-state index contributed by atoms with van der Waals surface area (Å²) in [7, 11) is 0. The molecule has 6 nitrogen and oxygen atoms in total. The second-order valence-corrected chi connectivity index (χ2v) is 6.24. The highest BCUT2D eigenvalue weighted by atomic mass is 16.3. The molecule has 0 radical (unpaired) electrons. The van der Waals surface area contributed by atoms with Gasteiger partial charge in [0.15, 0.2) is 0 Å². The van der Waals surface area contributed by atoms with Crippen molar-refractivity contribution in [2.75, 3.05) is 31.6 Å². The van der Waals surface area contributed by atoms with Crippen LogP contribution in [-0.2, 0) is 0 Å². The third kappa shape index (κ3) is 5.22. The van der Waals surface area contributed by atoms with Crippen LogP contribution in [0.15, 0.2) is 18.2 Å². The first-order valence-electron chi connectivity index (χ1n) is 8.54. The van der Waals surface area contributed by atoms with E-state index in [4.69, 9.17) is 5.26 Å². The molecule has 1 aromatic rings. The van der Waals surface area contributed by atoms with Crippen molar-refractivity contribution in [1.29, 1.82) is 5.26 Å². The number of rotatable bonds is 7. The largest absolute Gasteiger partial charge is 0.395 e. The number of aryl methyl sites for hydroxylation is 1. The topological polar surface area (TPSA) is 88.4 Å². The van der Waals surface area contributed by atoms with Gasteiger partial charge in [0.1, 0.15) is 0 Å². The molecule has 1 atom stereocenters. The smallest absolute Gasteiger partial charge is 0.319 e. The predicted molar refractivity (Wildman–Crippen MR) is 93.8 cm³/mol. The number of urea groups is 1. The summed E-state index contributed by atoms with van der Waals surface area (Å²) in [4.78, 5) is 14.3. The first-order chi connectivity index (χ1) is 11.6. The number of nitrogens with zero attached hydrogens (tertiary/aromatic N) is 2. The minimum Gasteiger partial charge on any atom is -0.395 e. The normalized spacial score (nSPS) is 17.5. The summed E-state index contributed by atoms with van der Waals surface area (Å²) in [6.45, 7) is 4.78. The van der Waals surface area contributed by atoms with Gasteiger partial charge in [-0.25, -0.2) is 4.79 Å². The lowest BCUT2D eigenvalue weighted by Crippen LogP contribution is -2.34. The van der Waals surface area contributed by atoms with Crippen LogP contribution in [0.1, 0.15) is 36.8 Å². The van der Waals surface area contributed by atoms with Crippen LogP contribution < -0.4 is 10.6 Å². The van der Waals surface area contributed by atoms with E-state index in [0.29, 0.717) is 23.8 Å². The number of amides is 2. The molecule has 6 heteroatoms. The van der Waals surface area contributed by atoms with Gasteiger partial charge in [-0.05, 0) is 63.4 Å². The van der Waals surface area contributed by atoms with Gasteiger partial charge in [-0.1, -0.05) is 6.07 Å². The molecule has 1 unspecified atom stereocenters. The lowest BCUT2D eigenvalue weighted by molar-refractivity contribution is 0.157. The molecule has 1 fully saturated rings. The van der Waals surface area contributed by atoms with Crippen molar-refractivity contribution >= 4 is 11.7 Å². The Morgan fingerprint density at radius 1 is 1.46 bits per heavy atom. The van der Waals surface area contributed by atoms with Crippen LogP contribution in [0.25, 0.3) is 0 Å². The van der Waals surface area contributed by atoms with Crippen molar-refractivity contribution in [1.82, 2.24) is 10.2 Å². The number of hydrogen-bond donors (Lipinski definition) is 3. The van der Waals surface area contributed by atoms with E-state index in [1.165, 1.54) is 0 Å². The lowest BCUT2D eigenvalue weighted by Gasteiger charge is -2.22. The fourth-order valence-corrected chi connectivity index (χ4v) is 3.03. The Morgan fingerprint density at radius 2 is 2.29 bits per heavy atom. The number of nitrogens with one attached hydrogen (secondary N) is 2. The zero-order valence-corrected chi connectivity index (χ0v) is 14.2. The van der Waals surface area contributed by atoms with Crippen molar-refractivity contribution < 1.29 is 9.90 Å². The third-order valence-corrected chi connectivity index (χ3v) is 4.48. The van der Waals surface area contributed by atoms with E-state index in [1.807, 2.05) is 13.0 Å². The van der Waals surface area contributed by atoms with Gasteiger partial charge in [0.05, 0.1) is 18.2 Å². The molecule has 1 aliphatic rings. The van der Waals surface area contributed by atoms with Crippen LogP contribution in [0.2, 0.25) is 0 Å². The number of carbonyl (C=O) groups excluding carboxylic acids is 1. The van der Waals surface area contributed by atoms with Gasteiger partial charge in [0, 0.05) is 18.3 Å². The molecule has 1 aliphatic heterocycles.